The van der Waals surface area contributed by atoms with Crippen LogP contribution in [0.4, 0.5) is 10.1 Å². The van der Waals surface area contributed by atoms with Gasteiger partial charge >= 0.3 is 0 Å². The largest absolute Gasteiger partial charge is 0.398 e. The molecule has 0 radical (unpaired) electrons. The van der Waals surface area contributed by atoms with E-state index in [1.165, 1.54) is 6.07 Å². The first-order valence-corrected chi connectivity index (χ1v) is 7.00. The number of hydrogen-bond acceptors (Lipinski definition) is 4. The van der Waals surface area contributed by atoms with Crippen molar-refractivity contribution >= 4 is 15.5 Å². The highest BCUT2D eigenvalue weighted by molar-refractivity contribution is 7.91. The third-order valence-electron chi connectivity index (χ3n) is 2.79. The lowest BCUT2D eigenvalue weighted by Gasteiger charge is -2.10. The molecule has 6 heteroatoms. The van der Waals surface area contributed by atoms with Crippen molar-refractivity contribution in [3.63, 3.8) is 0 Å². The zero-order valence-electron chi connectivity index (χ0n) is 9.23. The van der Waals surface area contributed by atoms with Crippen LogP contribution >= 0.6 is 0 Å². The van der Waals surface area contributed by atoms with Gasteiger partial charge < -0.3 is 10.5 Å². The van der Waals surface area contributed by atoms with Crippen LogP contribution in [0, 0.1) is 11.7 Å². The number of sulfone groups is 1. The molecule has 1 unspecified atom stereocenters. The van der Waals surface area contributed by atoms with E-state index >= 15 is 0 Å². The van der Waals surface area contributed by atoms with Gasteiger partial charge in [0.25, 0.3) is 0 Å². The summed E-state index contributed by atoms with van der Waals surface area (Å²) in [6, 6.07) is 3.35. The Hall–Kier alpha value is -1.14. The Labute approximate surface area is 99.5 Å². The average Bonchev–Trinajstić information content (AvgIpc) is 2.68. The van der Waals surface area contributed by atoms with E-state index in [1.807, 2.05) is 0 Å². The third-order valence-corrected chi connectivity index (χ3v) is 4.74. The summed E-state index contributed by atoms with van der Waals surface area (Å²) in [5, 5.41) is 0. The van der Waals surface area contributed by atoms with Gasteiger partial charge in [-0.25, -0.2) is 12.8 Å². The van der Waals surface area contributed by atoms with Crippen LogP contribution in [0.3, 0.4) is 0 Å². The number of benzene rings is 1. The molecule has 2 N–H and O–H groups in total. The standard InChI is InChI=1S/C11H14FNO3S/c12-9-1-2-11(10(13)5-9)17(14,15)7-8-3-4-16-6-8/h1-2,5,8H,3-4,6-7,13H2. The topological polar surface area (TPSA) is 69.4 Å². The summed E-state index contributed by atoms with van der Waals surface area (Å²) in [4.78, 5) is 0.00537. The van der Waals surface area contributed by atoms with E-state index < -0.39 is 15.7 Å². The van der Waals surface area contributed by atoms with E-state index in [0.29, 0.717) is 13.2 Å². The minimum absolute atomic E-state index is 0.00281. The first kappa shape index (κ1) is 12.3. The van der Waals surface area contributed by atoms with Gasteiger partial charge in [-0.05, 0) is 30.5 Å². The van der Waals surface area contributed by atoms with Crippen molar-refractivity contribution in [2.24, 2.45) is 5.92 Å². The number of anilines is 1. The molecule has 2 rings (SSSR count). The summed E-state index contributed by atoms with van der Waals surface area (Å²) >= 11 is 0. The lowest BCUT2D eigenvalue weighted by atomic mass is 10.2. The summed E-state index contributed by atoms with van der Waals surface area (Å²) in [5.41, 5.74) is 5.49. The van der Waals surface area contributed by atoms with Gasteiger partial charge in [0.15, 0.2) is 9.84 Å². The molecule has 0 aliphatic carbocycles. The number of ether oxygens (including phenoxy) is 1. The van der Waals surface area contributed by atoms with Gasteiger partial charge in [0, 0.05) is 6.61 Å². The highest BCUT2D eigenvalue weighted by Crippen LogP contribution is 2.24. The molecule has 1 aromatic rings. The molecular formula is C11H14FNO3S. The van der Waals surface area contributed by atoms with Crippen molar-refractivity contribution in [3.8, 4) is 0 Å². The van der Waals surface area contributed by atoms with E-state index in [1.54, 1.807) is 0 Å². The molecule has 94 valence electrons. The summed E-state index contributed by atoms with van der Waals surface area (Å²) in [6.45, 7) is 1.05. The van der Waals surface area contributed by atoms with E-state index in [2.05, 4.69) is 0 Å². The molecule has 1 saturated heterocycles. The van der Waals surface area contributed by atoms with Gasteiger partial charge in [-0.2, -0.15) is 0 Å². The molecule has 1 heterocycles. The molecular weight excluding hydrogens is 245 g/mol. The van der Waals surface area contributed by atoms with Crippen LogP contribution in [0.1, 0.15) is 6.42 Å². The number of nitrogens with two attached hydrogens (primary N) is 1. The second-order valence-corrected chi connectivity index (χ2v) is 6.20. The van der Waals surface area contributed by atoms with Gasteiger partial charge in [0.05, 0.1) is 22.9 Å². The number of nitrogen functional groups attached to an aromatic ring is 1. The van der Waals surface area contributed by atoms with Crippen LogP contribution < -0.4 is 5.73 Å². The average molecular weight is 259 g/mol. The fourth-order valence-electron chi connectivity index (χ4n) is 1.92. The predicted octanol–water partition coefficient (Wildman–Crippen LogP) is 1.22. The normalized spacial score (nSPS) is 20.6. The van der Waals surface area contributed by atoms with E-state index in [0.717, 1.165) is 18.6 Å². The monoisotopic (exact) mass is 259 g/mol. The molecule has 1 aliphatic rings. The van der Waals surface area contributed by atoms with Gasteiger partial charge in [-0.3, -0.25) is 0 Å². The first-order chi connectivity index (χ1) is 7.99. The highest BCUT2D eigenvalue weighted by Gasteiger charge is 2.26. The minimum atomic E-state index is -3.46. The van der Waals surface area contributed by atoms with Crippen LogP contribution in [0.25, 0.3) is 0 Å². The zero-order chi connectivity index (χ0) is 12.5. The lowest BCUT2D eigenvalue weighted by Crippen LogP contribution is -2.17. The third kappa shape index (κ3) is 2.76. The molecule has 17 heavy (non-hydrogen) atoms. The molecule has 1 fully saturated rings. The molecule has 0 bridgehead atoms. The van der Waals surface area contributed by atoms with E-state index in [9.17, 15) is 12.8 Å². The van der Waals surface area contributed by atoms with Crippen LogP contribution in [0.2, 0.25) is 0 Å². The quantitative estimate of drug-likeness (QED) is 0.654. The zero-order valence-corrected chi connectivity index (χ0v) is 10.0. The summed E-state index contributed by atoms with van der Waals surface area (Å²) in [6.07, 6.45) is 0.736. The van der Waals surface area contributed by atoms with E-state index in [4.69, 9.17) is 10.5 Å². The Bertz CT molecular complexity index is 509. The molecule has 0 spiro atoms. The number of rotatable bonds is 3. The van der Waals surface area contributed by atoms with Crippen molar-refractivity contribution in [3.05, 3.63) is 24.0 Å². The fourth-order valence-corrected chi connectivity index (χ4v) is 3.67. The van der Waals surface area contributed by atoms with Crippen molar-refractivity contribution in [1.82, 2.24) is 0 Å². The van der Waals surface area contributed by atoms with Crippen molar-refractivity contribution < 1.29 is 17.5 Å². The summed E-state index contributed by atoms with van der Waals surface area (Å²) in [5.74, 6) is -0.530. The maximum absolute atomic E-state index is 12.8. The molecule has 0 amide bonds. The minimum Gasteiger partial charge on any atom is -0.398 e. The van der Waals surface area contributed by atoms with Crippen molar-refractivity contribution in [1.29, 1.82) is 0 Å². The molecule has 0 aromatic heterocycles. The summed E-state index contributed by atoms with van der Waals surface area (Å²) in [7, 11) is -3.46. The van der Waals surface area contributed by atoms with Crippen LogP contribution in [0.15, 0.2) is 23.1 Å². The maximum Gasteiger partial charge on any atom is 0.180 e. The van der Waals surface area contributed by atoms with Crippen LogP contribution in [0.5, 0.6) is 0 Å². The lowest BCUT2D eigenvalue weighted by molar-refractivity contribution is 0.188. The fraction of sp³-hybridized carbons (Fsp3) is 0.455. The van der Waals surface area contributed by atoms with Crippen molar-refractivity contribution in [2.75, 3.05) is 24.7 Å². The molecule has 1 aliphatic heterocycles. The predicted molar refractivity (Wildman–Crippen MR) is 61.8 cm³/mol. The Morgan fingerprint density at radius 1 is 1.47 bits per heavy atom. The smallest absolute Gasteiger partial charge is 0.180 e. The summed E-state index contributed by atoms with van der Waals surface area (Å²) < 4.78 is 42.1. The Balaban J connectivity index is 2.24. The van der Waals surface area contributed by atoms with Gasteiger partial charge in [-0.15, -0.1) is 0 Å². The van der Waals surface area contributed by atoms with Gasteiger partial charge in [-0.1, -0.05) is 0 Å². The second kappa shape index (κ2) is 4.62. The van der Waals surface area contributed by atoms with Crippen LogP contribution in [-0.2, 0) is 14.6 Å². The molecule has 4 nitrogen and oxygen atoms in total. The number of hydrogen-bond donors (Lipinski definition) is 1. The Morgan fingerprint density at radius 2 is 2.24 bits per heavy atom. The van der Waals surface area contributed by atoms with E-state index in [-0.39, 0.29) is 22.3 Å². The molecule has 1 aromatic carbocycles. The Kier molecular flexibility index (Phi) is 3.35. The van der Waals surface area contributed by atoms with Gasteiger partial charge in [0.2, 0.25) is 0 Å². The SMILES string of the molecule is Nc1cc(F)ccc1S(=O)(=O)CC1CCOC1. The number of halogens is 1. The Morgan fingerprint density at radius 3 is 2.82 bits per heavy atom. The maximum atomic E-state index is 12.8. The van der Waals surface area contributed by atoms with Crippen LogP contribution in [-0.4, -0.2) is 27.4 Å². The van der Waals surface area contributed by atoms with Crippen molar-refractivity contribution in [2.45, 2.75) is 11.3 Å². The molecule has 1 atom stereocenters. The highest BCUT2D eigenvalue weighted by atomic mass is 32.2. The first-order valence-electron chi connectivity index (χ1n) is 5.34. The van der Waals surface area contributed by atoms with Gasteiger partial charge in [0.1, 0.15) is 5.82 Å². The molecule has 0 saturated carbocycles. The second-order valence-electron chi connectivity index (χ2n) is 4.19.